The van der Waals surface area contributed by atoms with Crippen molar-refractivity contribution in [1.82, 2.24) is 5.32 Å². The Hall–Kier alpha value is -0.850. The molecule has 0 aliphatic carbocycles. The third-order valence-corrected chi connectivity index (χ3v) is 8.26. The van der Waals surface area contributed by atoms with Gasteiger partial charge in [-0.25, -0.2) is 4.79 Å². The molecule has 0 aromatic rings. The average molecular weight is 599 g/mol. The molecule has 6 heteroatoms. The summed E-state index contributed by atoms with van der Waals surface area (Å²) in [6.45, 7) is 9.62. The third kappa shape index (κ3) is 32.1. The summed E-state index contributed by atoms with van der Waals surface area (Å²) in [7, 11) is 0. The van der Waals surface area contributed by atoms with Gasteiger partial charge in [0.15, 0.2) is 6.29 Å². The first-order valence-corrected chi connectivity index (χ1v) is 18.5. The molecule has 2 amide bonds. The maximum Gasteiger partial charge on any atom is 0.312 e. The molecule has 0 aromatic heterocycles. The first-order valence-electron chi connectivity index (χ1n) is 18.5. The Balaban J connectivity index is 4.05. The van der Waals surface area contributed by atoms with E-state index < -0.39 is 6.03 Å². The van der Waals surface area contributed by atoms with Crippen LogP contribution in [-0.4, -0.2) is 44.8 Å². The predicted molar refractivity (Wildman–Crippen MR) is 180 cm³/mol. The third-order valence-electron chi connectivity index (χ3n) is 8.26. The van der Waals surface area contributed by atoms with Crippen molar-refractivity contribution in [3.05, 3.63) is 0 Å². The summed E-state index contributed by atoms with van der Waals surface area (Å²) in [4.78, 5) is 11.3. The molecule has 0 bridgehead atoms. The molecule has 6 nitrogen and oxygen atoms in total. The van der Waals surface area contributed by atoms with E-state index in [2.05, 4.69) is 19.2 Å². The van der Waals surface area contributed by atoms with E-state index in [1.165, 1.54) is 128 Å². The lowest BCUT2D eigenvalue weighted by molar-refractivity contribution is -0.148. The van der Waals surface area contributed by atoms with Crippen LogP contribution in [0.3, 0.4) is 0 Å². The Labute approximate surface area is 262 Å². The van der Waals surface area contributed by atoms with Crippen LogP contribution in [-0.2, 0) is 14.2 Å². The smallest absolute Gasteiger partial charge is 0.312 e. The molecule has 1 atom stereocenters. The molecule has 0 rings (SSSR count). The van der Waals surface area contributed by atoms with Gasteiger partial charge in [0.25, 0.3) is 0 Å². The van der Waals surface area contributed by atoms with Gasteiger partial charge >= 0.3 is 6.03 Å². The average Bonchev–Trinajstić information content (AvgIpc) is 2.97. The largest absolute Gasteiger partial charge is 0.382 e. The zero-order valence-corrected chi connectivity index (χ0v) is 28.6. The van der Waals surface area contributed by atoms with Gasteiger partial charge < -0.3 is 25.3 Å². The highest BCUT2D eigenvalue weighted by atomic mass is 16.7. The molecule has 0 spiro atoms. The topological polar surface area (TPSA) is 82.8 Å². The van der Waals surface area contributed by atoms with Gasteiger partial charge in [-0.2, -0.15) is 0 Å². The summed E-state index contributed by atoms with van der Waals surface area (Å²) in [5, 5.41) is 2.87. The van der Waals surface area contributed by atoms with Crippen molar-refractivity contribution in [2.45, 2.75) is 200 Å². The molecular formula is C36H74N2O4. The summed E-state index contributed by atoms with van der Waals surface area (Å²) in [6, 6.07) is -0.305. The van der Waals surface area contributed by atoms with Crippen molar-refractivity contribution in [2.24, 2.45) is 5.73 Å². The molecule has 0 saturated heterocycles. The molecule has 3 N–H and O–H groups in total. The van der Waals surface area contributed by atoms with Crippen LogP contribution in [0.5, 0.6) is 0 Å². The number of unbranched alkanes of at least 4 members (excludes halogenated alkanes) is 20. The summed E-state index contributed by atoms with van der Waals surface area (Å²) < 4.78 is 17.9. The van der Waals surface area contributed by atoms with Crippen molar-refractivity contribution in [3.63, 3.8) is 0 Å². The van der Waals surface area contributed by atoms with E-state index in [-0.39, 0.29) is 12.3 Å². The monoisotopic (exact) mass is 599 g/mol. The molecule has 0 aliphatic heterocycles. The van der Waals surface area contributed by atoms with E-state index >= 15 is 0 Å². The number of carbonyl (C=O) groups excluding carboxylic acids is 1. The SMILES string of the molecule is CCCCCCCCCCOC(CCCCCCCCCC(CCOCC)NC(N)=O)OCCCCCCCCCC. The Kier molecular flexibility index (Phi) is 33.9. The number of ether oxygens (including phenoxy) is 3. The molecule has 42 heavy (non-hydrogen) atoms. The minimum absolute atomic E-state index is 0.0227. The van der Waals surface area contributed by atoms with Crippen molar-refractivity contribution >= 4 is 6.03 Å². The van der Waals surface area contributed by atoms with E-state index in [9.17, 15) is 4.79 Å². The number of nitrogens with one attached hydrogen (secondary N) is 1. The maximum absolute atomic E-state index is 11.3. The first kappa shape index (κ1) is 41.1. The Morgan fingerprint density at radius 1 is 0.524 bits per heavy atom. The quantitative estimate of drug-likeness (QED) is 0.0561. The van der Waals surface area contributed by atoms with E-state index in [0.29, 0.717) is 13.2 Å². The second kappa shape index (κ2) is 34.6. The Morgan fingerprint density at radius 3 is 1.36 bits per heavy atom. The number of carbonyl (C=O) groups is 1. The van der Waals surface area contributed by atoms with Gasteiger partial charge in [0.1, 0.15) is 0 Å². The standard InChI is InChI=1S/C36H74N2O4/c1-4-7-9-11-13-18-22-26-31-41-35(42-32-27-23-19-14-12-10-8-5-2)29-25-21-17-15-16-20-24-28-34(38-36(37)39)30-33-40-6-3/h34-35H,4-33H2,1-3H3,(H3,37,38,39). The van der Waals surface area contributed by atoms with Crippen LogP contribution in [0.25, 0.3) is 0 Å². The van der Waals surface area contributed by atoms with Gasteiger partial charge in [0.05, 0.1) is 0 Å². The van der Waals surface area contributed by atoms with Crippen molar-refractivity contribution in [1.29, 1.82) is 0 Å². The van der Waals surface area contributed by atoms with Gasteiger partial charge in [-0.3, -0.25) is 0 Å². The summed E-state index contributed by atoms with van der Waals surface area (Å²) in [5.74, 6) is 0. The number of rotatable bonds is 35. The van der Waals surface area contributed by atoms with Crippen molar-refractivity contribution in [2.75, 3.05) is 26.4 Å². The van der Waals surface area contributed by atoms with Crippen LogP contribution in [0.4, 0.5) is 4.79 Å². The molecule has 0 heterocycles. The fraction of sp³-hybridized carbons (Fsp3) is 0.972. The number of hydrogen-bond acceptors (Lipinski definition) is 4. The molecule has 1 unspecified atom stereocenters. The van der Waals surface area contributed by atoms with Crippen LogP contribution in [0, 0.1) is 0 Å². The highest BCUT2D eigenvalue weighted by Gasteiger charge is 2.11. The van der Waals surface area contributed by atoms with Gasteiger partial charge in [-0.1, -0.05) is 142 Å². The van der Waals surface area contributed by atoms with Crippen molar-refractivity contribution < 1.29 is 19.0 Å². The Morgan fingerprint density at radius 2 is 0.929 bits per heavy atom. The van der Waals surface area contributed by atoms with Crippen LogP contribution in [0.15, 0.2) is 0 Å². The fourth-order valence-electron chi connectivity index (χ4n) is 5.56. The highest BCUT2D eigenvalue weighted by Crippen LogP contribution is 2.16. The minimum Gasteiger partial charge on any atom is -0.382 e. The van der Waals surface area contributed by atoms with Gasteiger partial charge in [-0.05, 0) is 45.4 Å². The summed E-state index contributed by atoms with van der Waals surface area (Å²) >= 11 is 0. The second-order valence-electron chi connectivity index (χ2n) is 12.4. The predicted octanol–water partition coefficient (Wildman–Crippen LogP) is 10.6. The molecule has 0 saturated carbocycles. The molecule has 0 fully saturated rings. The van der Waals surface area contributed by atoms with Crippen LogP contribution < -0.4 is 11.1 Å². The lowest BCUT2D eigenvalue weighted by atomic mass is 10.0. The van der Waals surface area contributed by atoms with Crippen LogP contribution in [0.2, 0.25) is 0 Å². The van der Waals surface area contributed by atoms with Crippen molar-refractivity contribution in [3.8, 4) is 0 Å². The van der Waals surface area contributed by atoms with Gasteiger partial charge in [-0.15, -0.1) is 0 Å². The van der Waals surface area contributed by atoms with Crippen LogP contribution in [0.1, 0.15) is 188 Å². The van der Waals surface area contributed by atoms with Gasteiger partial charge in [0.2, 0.25) is 0 Å². The van der Waals surface area contributed by atoms with Gasteiger partial charge in [0, 0.05) is 32.5 Å². The normalized spacial score (nSPS) is 12.3. The number of primary amides is 1. The highest BCUT2D eigenvalue weighted by molar-refractivity contribution is 5.71. The maximum atomic E-state index is 11.3. The zero-order valence-electron chi connectivity index (χ0n) is 28.6. The lowest BCUT2D eigenvalue weighted by Crippen LogP contribution is -2.39. The first-order chi connectivity index (χ1) is 20.6. The summed E-state index contributed by atoms with van der Waals surface area (Å²) in [6.07, 6.45) is 32.6. The van der Waals surface area contributed by atoms with E-state index in [1.54, 1.807) is 0 Å². The molecule has 252 valence electrons. The fourth-order valence-corrected chi connectivity index (χ4v) is 5.56. The second-order valence-corrected chi connectivity index (χ2v) is 12.4. The molecular weight excluding hydrogens is 524 g/mol. The Bertz CT molecular complexity index is 513. The van der Waals surface area contributed by atoms with Crippen LogP contribution >= 0.6 is 0 Å². The number of amides is 2. The molecule has 0 radical (unpaired) electrons. The van der Waals surface area contributed by atoms with E-state index in [4.69, 9.17) is 19.9 Å². The number of hydrogen-bond donors (Lipinski definition) is 2. The number of nitrogens with two attached hydrogens (primary N) is 1. The minimum atomic E-state index is -0.432. The van der Waals surface area contributed by atoms with E-state index in [1.807, 2.05) is 6.92 Å². The molecule has 0 aromatic carbocycles. The molecule has 0 aliphatic rings. The summed E-state index contributed by atoms with van der Waals surface area (Å²) in [5.41, 5.74) is 5.34. The lowest BCUT2D eigenvalue weighted by Gasteiger charge is -2.19. The zero-order chi connectivity index (χ0) is 30.8. The van der Waals surface area contributed by atoms with E-state index in [0.717, 1.165) is 51.7 Å². The number of urea groups is 1.